The molecule has 1 aromatic heterocycles. The second kappa shape index (κ2) is 4.48. The lowest BCUT2D eigenvalue weighted by atomic mass is 10.4. The van der Waals surface area contributed by atoms with E-state index in [1.165, 1.54) is 18.4 Å². The van der Waals surface area contributed by atoms with Gasteiger partial charge in [-0.1, -0.05) is 0 Å². The average Bonchev–Trinajstić information content (AvgIpc) is 2.77. The van der Waals surface area contributed by atoms with Crippen LogP contribution in [-0.4, -0.2) is 43.6 Å². The van der Waals surface area contributed by atoms with Gasteiger partial charge in [0.1, 0.15) is 0 Å². The van der Waals surface area contributed by atoms with E-state index in [0.717, 1.165) is 0 Å². The Kier molecular flexibility index (Phi) is 3.04. The molecule has 1 saturated heterocycles. The summed E-state index contributed by atoms with van der Waals surface area (Å²) in [4.78, 5) is 28.3. The second-order valence-electron chi connectivity index (χ2n) is 3.28. The summed E-state index contributed by atoms with van der Waals surface area (Å²) < 4.78 is 4.57. The van der Waals surface area contributed by atoms with Crippen LogP contribution in [0.4, 0.5) is 5.13 Å². The Bertz CT molecular complexity index is 418. The topological polar surface area (TPSA) is 71.5 Å². The molecule has 1 amide bonds. The Morgan fingerprint density at radius 1 is 1.69 bits per heavy atom. The molecule has 2 heterocycles. The number of nitrogens with zero attached hydrogens (tertiary/aromatic N) is 2. The zero-order valence-electron chi connectivity index (χ0n) is 8.73. The minimum absolute atomic E-state index is 0.0268. The largest absolute Gasteiger partial charge is 0.464 e. The molecular formula is C9H11N3O3S. The number of hydrogen-bond donors (Lipinski definition) is 1. The smallest absolute Gasteiger partial charge is 0.357 e. The second-order valence-corrected chi connectivity index (χ2v) is 4.11. The fraction of sp³-hybridized carbons (Fsp3) is 0.444. The van der Waals surface area contributed by atoms with Crippen molar-refractivity contribution in [2.45, 2.75) is 0 Å². The maximum atomic E-state index is 11.2. The molecule has 86 valence electrons. The molecule has 0 saturated carbocycles. The van der Waals surface area contributed by atoms with Crippen molar-refractivity contribution in [3.63, 3.8) is 0 Å². The highest BCUT2D eigenvalue weighted by Gasteiger charge is 2.20. The first kappa shape index (κ1) is 10.9. The van der Waals surface area contributed by atoms with Crippen LogP contribution < -0.4 is 10.2 Å². The monoisotopic (exact) mass is 241 g/mol. The van der Waals surface area contributed by atoms with Crippen molar-refractivity contribution in [1.82, 2.24) is 10.3 Å². The van der Waals surface area contributed by atoms with Crippen LogP contribution in [0, 0.1) is 0 Å². The molecule has 16 heavy (non-hydrogen) atoms. The van der Waals surface area contributed by atoms with E-state index >= 15 is 0 Å². The molecule has 2 rings (SSSR count). The predicted molar refractivity (Wildman–Crippen MR) is 58.7 cm³/mol. The van der Waals surface area contributed by atoms with Crippen LogP contribution in [0.15, 0.2) is 5.38 Å². The van der Waals surface area contributed by atoms with Gasteiger partial charge < -0.3 is 15.0 Å². The fourth-order valence-corrected chi connectivity index (χ4v) is 2.23. The number of carbonyl (C=O) groups excluding carboxylic acids is 2. The van der Waals surface area contributed by atoms with Gasteiger partial charge >= 0.3 is 5.97 Å². The van der Waals surface area contributed by atoms with Gasteiger partial charge in [0.15, 0.2) is 10.8 Å². The van der Waals surface area contributed by atoms with Gasteiger partial charge in [0, 0.05) is 18.5 Å². The van der Waals surface area contributed by atoms with Crippen molar-refractivity contribution in [3.05, 3.63) is 11.1 Å². The summed E-state index contributed by atoms with van der Waals surface area (Å²) in [5.74, 6) is -0.481. The molecule has 1 fully saturated rings. The quantitative estimate of drug-likeness (QED) is 0.730. The van der Waals surface area contributed by atoms with Crippen LogP contribution in [0.1, 0.15) is 10.5 Å². The first-order chi connectivity index (χ1) is 7.70. The van der Waals surface area contributed by atoms with Crippen LogP contribution in [0.5, 0.6) is 0 Å². The number of anilines is 1. The third-order valence-corrected chi connectivity index (χ3v) is 3.10. The molecule has 7 heteroatoms. The number of carbonyl (C=O) groups is 2. The third kappa shape index (κ3) is 2.13. The van der Waals surface area contributed by atoms with Crippen molar-refractivity contribution < 1.29 is 14.3 Å². The summed E-state index contributed by atoms with van der Waals surface area (Å²) in [5.41, 5.74) is 0.286. The molecule has 0 aromatic carbocycles. The van der Waals surface area contributed by atoms with Gasteiger partial charge in [-0.2, -0.15) is 0 Å². The summed E-state index contributed by atoms with van der Waals surface area (Å²) in [7, 11) is 1.32. The number of hydrogen-bond acceptors (Lipinski definition) is 6. The minimum atomic E-state index is -0.455. The van der Waals surface area contributed by atoms with Crippen molar-refractivity contribution in [2.75, 3.05) is 31.6 Å². The van der Waals surface area contributed by atoms with Gasteiger partial charge in [0.05, 0.1) is 13.7 Å². The Labute approximate surface area is 96.2 Å². The number of esters is 1. The molecule has 1 aliphatic heterocycles. The van der Waals surface area contributed by atoms with Gasteiger partial charge in [0.2, 0.25) is 5.91 Å². The number of piperazine rings is 1. The van der Waals surface area contributed by atoms with Crippen LogP contribution in [-0.2, 0) is 9.53 Å². The first-order valence-electron chi connectivity index (χ1n) is 4.76. The average molecular weight is 241 g/mol. The van der Waals surface area contributed by atoms with Crippen molar-refractivity contribution in [3.8, 4) is 0 Å². The van der Waals surface area contributed by atoms with Gasteiger partial charge in [-0.25, -0.2) is 9.78 Å². The molecule has 0 radical (unpaired) electrons. The van der Waals surface area contributed by atoms with Gasteiger partial charge in [-0.3, -0.25) is 4.79 Å². The maximum absolute atomic E-state index is 11.2. The zero-order valence-corrected chi connectivity index (χ0v) is 9.54. The van der Waals surface area contributed by atoms with Crippen LogP contribution in [0.2, 0.25) is 0 Å². The lowest BCUT2D eigenvalue weighted by molar-refractivity contribution is -0.120. The van der Waals surface area contributed by atoms with Crippen molar-refractivity contribution in [2.24, 2.45) is 0 Å². The molecular weight excluding hydrogens is 230 g/mol. The highest BCUT2D eigenvalue weighted by Crippen LogP contribution is 2.21. The third-order valence-electron chi connectivity index (χ3n) is 2.20. The molecule has 6 nitrogen and oxygen atoms in total. The highest BCUT2D eigenvalue weighted by atomic mass is 32.1. The highest BCUT2D eigenvalue weighted by molar-refractivity contribution is 7.13. The van der Waals surface area contributed by atoms with Crippen molar-refractivity contribution in [1.29, 1.82) is 0 Å². The number of methoxy groups -OCH3 is 1. The van der Waals surface area contributed by atoms with Gasteiger partial charge in [0.25, 0.3) is 0 Å². The molecule has 1 aromatic rings. The van der Waals surface area contributed by atoms with E-state index in [1.807, 2.05) is 4.90 Å². The lowest BCUT2D eigenvalue weighted by Crippen LogP contribution is -2.47. The van der Waals surface area contributed by atoms with E-state index in [9.17, 15) is 9.59 Å². The standard InChI is InChI=1S/C9H11N3O3S/c1-15-8(14)6-5-16-9(11-6)12-3-2-10-7(13)4-12/h5H,2-4H2,1H3,(H,10,13). The molecule has 0 bridgehead atoms. The number of nitrogens with one attached hydrogen (secondary N) is 1. The number of thiazole rings is 1. The Balaban J connectivity index is 2.12. The van der Waals surface area contributed by atoms with E-state index in [-0.39, 0.29) is 18.1 Å². The SMILES string of the molecule is COC(=O)c1csc(N2CCNC(=O)C2)n1. The molecule has 0 aliphatic carbocycles. The Morgan fingerprint density at radius 3 is 3.19 bits per heavy atom. The van der Waals surface area contributed by atoms with Crippen LogP contribution >= 0.6 is 11.3 Å². The van der Waals surface area contributed by atoms with E-state index in [1.54, 1.807) is 5.38 Å². The normalized spacial score (nSPS) is 15.8. The lowest BCUT2D eigenvalue weighted by Gasteiger charge is -2.25. The molecule has 1 aliphatic rings. The molecule has 1 N–H and O–H groups in total. The van der Waals surface area contributed by atoms with Crippen molar-refractivity contribution >= 4 is 28.3 Å². The summed E-state index contributed by atoms with van der Waals surface area (Å²) in [6.45, 7) is 1.60. The van der Waals surface area contributed by atoms with Crippen LogP contribution in [0.25, 0.3) is 0 Å². The predicted octanol–water partition coefficient (Wildman–Crippen LogP) is -0.134. The summed E-state index contributed by atoms with van der Waals surface area (Å²) >= 11 is 1.34. The molecule has 0 unspecified atom stereocenters. The van der Waals surface area contributed by atoms with Gasteiger partial charge in [-0.05, 0) is 0 Å². The minimum Gasteiger partial charge on any atom is -0.464 e. The van der Waals surface area contributed by atoms with E-state index < -0.39 is 5.97 Å². The number of amides is 1. The van der Waals surface area contributed by atoms with Crippen LogP contribution in [0.3, 0.4) is 0 Å². The zero-order chi connectivity index (χ0) is 11.5. The maximum Gasteiger partial charge on any atom is 0.357 e. The van der Waals surface area contributed by atoms with E-state index in [0.29, 0.717) is 18.2 Å². The van der Waals surface area contributed by atoms with E-state index in [2.05, 4.69) is 15.0 Å². The Morgan fingerprint density at radius 2 is 2.50 bits per heavy atom. The first-order valence-corrected chi connectivity index (χ1v) is 5.64. The summed E-state index contributed by atoms with van der Waals surface area (Å²) in [5, 5.41) is 5.04. The number of aromatic nitrogens is 1. The number of rotatable bonds is 2. The molecule has 0 atom stereocenters. The molecule has 0 spiro atoms. The fourth-order valence-electron chi connectivity index (χ4n) is 1.41. The summed E-state index contributed by atoms with van der Waals surface area (Å²) in [6, 6.07) is 0. The van der Waals surface area contributed by atoms with Gasteiger partial charge in [-0.15, -0.1) is 11.3 Å². The number of ether oxygens (including phenoxy) is 1. The summed E-state index contributed by atoms with van der Waals surface area (Å²) in [6.07, 6.45) is 0. The van der Waals surface area contributed by atoms with E-state index in [4.69, 9.17) is 0 Å². The Hall–Kier alpha value is -1.63.